The zero-order valence-corrected chi connectivity index (χ0v) is 15.5. The maximum atomic E-state index is 12.5. The highest BCUT2D eigenvalue weighted by molar-refractivity contribution is 6.09. The number of rotatable bonds is 5. The minimum absolute atomic E-state index is 0.113. The van der Waals surface area contributed by atoms with E-state index < -0.39 is 16.4 Å². The number of anilines is 1. The van der Waals surface area contributed by atoms with E-state index in [2.05, 4.69) is 10.6 Å². The van der Waals surface area contributed by atoms with Crippen molar-refractivity contribution in [1.82, 2.24) is 5.32 Å². The third kappa shape index (κ3) is 5.27. The van der Waals surface area contributed by atoms with E-state index in [1.54, 1.807) is 18.2 Å². The number of non-ortho nitro benzene ring substituents is 1. The molecule has 0 saturated carbocycles. The normalized spacial score (nSPS) is 10.8. The number of carbonyl (C=O) groups is 2. The van der Waals surface area contributed by atoms with Gasteiger partial charge in [0.2, 0.25) is 0 Å². The van der Waals surface area contributed by atoms with Crippen LogP contribution in [-0.4, -0.2) is 29.4 Å². The molecule has 0 spiro atoms. The molecule has 0 aliphatic heterocycles. The third-order valence-electron chi connectivity index (χ3n) is 3.55. The predicted octanol–water partition coefficient (Wildman–Crippen LogP) is 3.38. The summed E-state index contributed by atoms with van der Waals surface area (Å²) in [5.41, 5.74) is 0.223. The van der Waals surface area contributed by atoms with Gasteiger partial charge in [0.05, 0.1) is 23.3 Å². The number of nitrogens with zero attached hydrogens (tertiary/aromatic N) is 1. The molecule has 2 rings (SSSR count). The Bertz CT molecular complexity index is 870. The number of nitrogens with one attached hydrogen (secondary N) is 2. The van der Waals surface area contributed by atoms with Gasteiger partial charge in [-0.3, -0.25) is 19.7 Å². The number of nitro groups is 1. The molecule has 0 radical (unpaired) electrons. The van der Waals surface area contributed by atoms with Crippen molar-refractivity contribution in [3.63, 3.8) is 0 Å². The lowest BCUT2D eigenvalue weighted by molar-refractivity contribution is -0.384. The second-order valence-electron chi connectivity index (χ2n) is 6.87. The number of hydrogen-bond donors (Lipinski definition) is 2. The molecule has 2 amide bonds. The van der Waals surface area contributed by atoms with E-state index in [9.17, 15) is 19.7 Å². The number of ether oxygens (including phenoxy) is 1. The zero-order valence-electron chi connectivity index (χ0n) is 15.5. The second kappa shape index (κ2) is 7.86. The molecule has 0 aromatic heterocycles. The maximum Gasteiger partial charge on any atom is 0.269 e. The minimum atomic E-state index is -0.543. The Morgan fingerprint density at radius 1 is 1.04 bits per heavy atom. The number of amides is 2. The van der Waals surface area contributed by atoms with E-state index in [4.69, 9.17) is 4.74 Å². The van der Waals surface area contributed by atoms with E-state index in [-0.39, 0.29) is 28.4 Å². The lowest BCUT2D eigenvalue weighted by Crippen LogP contribution is -2.40. The largest absolute Gasteiger partial charge is 0.497 e. The fraction of sp³-hybridized carbons (Fsp3) is 0.263. The Morgan fingerprint density at radius 3 is 2.19 bits per heavy atom. The van der Waals surface area contributed by atoms with Gasteiger partial charge in [-0.25, -0.2) is 0 Å². The van der Waals surface area contributed by atoms with Crippen LogP contribution in [0.25, 0.3) is 0 Å². The molecule has 0 saturated heterocycles. The molecule has 2 aromatic rings. The van der Waals surface area contributed by atoms with Crippen molar-refractivity contribution in [1.29, 1.82) is 0 Å². The first-order chi connectivity index (χ1) is 12.6. The highest BCUT2D eigenvalue weighted by Crippen LogP contribution is 2.24. The van der Waals surface area contributed by atoms with Crippen LogP contribution in [0.3, 0.4) is 0 Å². The van der Waals surface area contributed by atoms with Crippen LogP contribution in [0.1, 0.15) is 41.5 Å². The SMILES string of the molecule is COc1ccc(C(=O)NC(C)(C)C)c(NC(=O)c2ccc([N+](=O)[O-])cc2)c1. The Morgan fingerprint density at radius 2 is 1.67 bits per heavy atom. The summed E-state index contributed by atoms with van der Waals surface area (Å²) in [5.74, 6) is -0.367. The molecule has 8 nitrogen and oxygen atoms in total. The van der Waals surface area contributed by atoms with Crippen molar-refractivity contribution >= 4 is 23.2 Å². The molecule has 27 heavy (non-hydrogen) atoms. The molecule has 0 aliphatic carbocycles. The Hall–Kier alpha value is -3.42. The van der Waals surface area contributed by atoms with Gasteiger partial charge < -0.3 is 15.4 Å². The van der Waals surface area contributed by atoms with Gasteiger partial charge in [0, 0.05) is 29.3 Å². The molecular weight excluding hydrogens is 350 g/mol. The third-order valence-corrected chi connectivity index (χ3v) is 3.55. The Labute approximate surface area is 156 Å². The Balaban J connectivity index is 2.31. The summed E-state index contributed by atoms with van der Waals surface area (Å²) in [4.78, 5) is 35.2. The monoisotopic (exact) mass is 371 g/mol. The number of benzene rings is 2. The highest BCUT2D eigenvalue weighted by Gasteiger charge is 2.20. The smallest absolute Gasteiger partial charge is 0.269 e. The van der Waals surface area contributed by atoms with Crippen LogP contribution in [0.4, 0.5) is 11.4 Å². The van der Waals surface area contributed by atoms with Crippen LogP contribution in [0.2, 0.25) is 0 Å². The van der Waals surface area contributed by atoms with Crippen LogP contribution in [0, 0.1) is 10.1 Å². The second-order valence-corrected chi connectivity index (χ2v) is 6.87. The van der Waals surface area contributed by atoms with E-state index in [0.29, 0.717) is 5.75 Å². The molecule has 0 atom stereocenters. The van der Waals surface area contributed by atoms with Crippen LogP contribution < -0.4 is 15.4 Å². The molecule has 0 aliphatic rings. The first-order valence-corrected chi connectivity index (χ1v) is 8.17. The van der Waals surface area contributed by atoms with Crippen molar-refractivity contribution < 1.29 is 19.2 Å². The minimum Gasteiger partial charge on any atom is -0.497 e. The predicted molar refractivity (Wildman–Crippen MR) is 101 cm³/mol. The molecular formula is C19H21N3O5. The maximum absolute atomic E-state index is 12.5. The van der Waals surface area contributed by atoms with Crippen molar-refractivity contribution in [2.45, 2.75) is 26.3 Å². The first kappa shape index (κ1) is 19.9. The van der Waals surface area contributed by atoms with Crippen LogP contribution >= 0.6 is 0 Å². The average molecular weight is 371 g/mol. The molecule has 8 heteroatoms. The highest BCUT2D eigenvalue weighted by atomic mass is 16.6. The Kier molecular flexibility index (Phi) is 5.79. The van der Waals surface area contributed by atoms with Gasteiger partial charge >= 0.3 is 0 Å². The summed E-state index contributed by atoms with van der Waals surface area (Å²) < 4.78 is 5.16. The summed E-state index contributed by atoms with van der Waals surface area (Å²) in [6.45, 7) is 5.55. The number of carbonyl (C=O) groups excluding carboxylic acids is 2. The molecule has 142 valence electrons. The molecule has 2 aromatic carbocycles. The van der Waals surface area contributed by atoms with E-state index in [0.717, 1.165) is 0 Å². The molecule has 0 fully saturated rings. The summed E-state index contributed by atoms with van der Waals surface area (Å²) in [7, 11) is 1.48. The number of methoxy groups -OCH3 is 1. The van der Waals surface area contributed by atoms with Gasteiger partial charge in [-0.05, 0) is 45.0 Å². The van der Waals surface area contributed by atoms with Gasteiger partial charge in [-0.2, -0.15) is 0 Å². The molecule has 0 bridgehead atoms. The van der Waals surface area contributed by atoms with Gasteiger partial charge in [0.15, 0.2) is 0 Å². The van der Waals surface area contributed by atoms with Crippen LogP contribution in [0.15, 0.2) is 42.5 Å². The summed E-state index contributed by atoms with van der Waals surface area (Å²) >= 11 is 0. The molecule has 0 heterocycles. The number of hydrogen-bond acceptors (Lipinski definition) is 5. The summed E-state index contributed by atoms with van der Waals surface area (Å²) in [6, 6.07) is 9.91. The fourth-order valence-electron chi connectivity index (χ4n) is 2.29. The van der Waals surface area contributed by atoms with E-state index >= 15 is 0 Å². The van der Waals surface area contributed by atoms with Crippen LogP contribution in [-0.2, 0) is 0 Å². The van der Waals surface area contributed by atoms with Gasteiger partial charge in [0.25, 0.3) is 17.5 Å². The van der Waals surface area contributed by atoms with E-state index in [1.807, 2.05) is 20.8 Å². The lowest BCUT2D eigenvalue weighted by atomic mass is 10.1. The summed E-state index contributed by atoms with van der Waals surface area (Å²) in [5, 5.41) is 16.2. The van der Waals surface area contributed by atoms with Gasteiger partial charge in [0.1, 0.15) is 5.75 Å². The molecule has 0 unspecified atom stereocenters. The average Bonchev–Trinajstić information content (AvgIpc) is 2.60. The van der Waals surface area contributed by atoms with Gasteiger partial charge in [-0.15, -0.1) is 0 Å². The quantitative estimate of drug-likeness (QED) is 0.618. The number of nitro benzene ring substituents is 1. The first-order valence-electron chi connectivity index (χ1n) is 8.17. The van der Waals surface area contributed by atoms with Gasteiger partial charge in [-0.1, -0.05) is 0 Å². The molecule has 2 N–H and O–H groups in total. The van der Waals surface area contributed by atoms with E-state index in [1.165, 1.54) is 31.4 Å². The van der Waals surface area contributed by atoms with Crippen molar-refractivity contribution in [2.24, 2.45) is 0 Å². The zero-order chi connectivity index (χ0) is 20.2. The van der Waals surface area contributed by atoms with Crippen molar-refractivity contribution in [3.05, 3.63) is 63.7 Å². The summed E-state index contributed by atoms with van der Waals surface area (Å²) in [6.07, 6.45) is 0. The standard InChI is InChI=1S/C19H21N3O5/c1-19(2,3)21-18(24)15-10-9-14(27-4)11-16(15)20-17(23)12-5-7-13(8-6-12)22(25)26/h5-11H,1-4H3,(H,20,23)(H,21,24). The lowest BCUT2D eigenvalue weighted by Gasteiger charge is -2.22. The van der Waals surface area contributed by atoms with Crippen LogP contribution in [0.5, 0.6) is 5.75 Å². The fourth-order valence-corrected chi connectivity index (χ4v) is 2.29. The van der Waals surface area contributed by atoms with Crippen molar-refractivity contribution in [3.8, 4) is 5.75 Å². The van der Waals surface area contributed by atoms with Crippen molar-refractivity contribution in [2.75, 3.05) is 12.4 Å². The topological polar surface area (TPSA) is 111 Å².